The summed E-state index contributed by atoms with van der Waals surface area (Å²) in [6.07, 6.45) is 2.19. The van der Waals surface area contributed by atoms with E-state index in [2.05, 4.69) is 21.2 Å². The molecule has 1 aromatic rings. The van der Waals surface area contributed by atoms with Crippen molar-refractivity contribution in [2.45, 2.75) is 25.8 Å². The second-order valence-electron chi connectivity index (χ2n) is 4.84. The first-order valence-corrected chi connectivity index (χ1v) is 7.14. The minimum absolute atomic E-state index is 0. The number of carbonyl (C=O) groups excluding carboxylic acids is 1. The molecule has 0 aromatic heterocycles. The van der Waals surface area contributed by atoms with Gasteiger partial charge >= 0.3 is 0 Å². The van der Waals surface area contributed by atoms with Crippen LogP contribution in [0.1, 0.15) is 28.8 Å². The number of likely N-dealkylation sites (tertiary alicyclic amines) is 1. The van der Waals surface area contributed by atoms with E-state index in [-0.39, 0.29) is 18.3 Å². The summed E-state index contributed by atoms with van der Waals surface area (Å²) >= 11 is 3.49. The molecular formula is C14H20BrClN2O. The van der Waals surface area contributed by atoms with Crippen LogP contribution in [-0.4, -0.2) is 37.0 Å². The molecule has 2 rings (SSSR count). The van der Waals surface area contributed by atoms with Gasteiger partial charge in [-0.2, -0.15) is 0 Å². The first-order chi connectivity index (χ1) is 8.63. The monoisotopic (exact) mass is 346 g/mol. The van der Waals surface area contributed by atoms with Gasteiger partial charge in [0, 0.05) is 23.6 Å². The highest BCUT2D eigenvalue weighted by Gasteiger charge is 2.29. The second-order valence-corrected chi connectivity index (χ2v) is 5.69. The van der Waals surface area contributed by atoms with E-state index in [1.54, 1.807) is 0 Å². The molecule has 1 heterocycles. The largest absolute Gasteiger partial charge is 0.334 e. The molecule has 0 radical (unpaired) electrons. The van der Waals surface area contributed by atoms with E-state index in [1.807, 2.05) is 37.1 Å². The Morgan fingerprint density at radius 3 is 2.89 bits per heavy atom. The van der Waals surface area contributed by atoms with Crippen molar-refractivity contribution in [3.05, 3.63) is 33.8 Å². The van der Waals surface area contributed by atoms with Crippen LogP contribution in [0.25, 0.3) is 0 Å². The van der Waals surface area contributed by atoms with Crippen molar-refractivity contribution in [3.63, 3.8) is 0 Å². The molecule has 1 aliphatic rings. The number of hydrogen-bond donors (Lipinski definition) is 1. The number of amides is 1. The Kier molecular flexibility index (Phi) is 6.30. The highest BCUT2D eigenvalue weighted by atomic mass is 79.9. The fourth-order valence-electron chi connectivity index (χ4n) is 2.50. The Morgan fingerprint density at radius 2 is 2.26 bits per heavy atom. The zero-order chi connectivity index (χ0) is 13.1. The topological polar surface area (TPSA) is 32.3 Å². The highest BCUT2D eigenvalue weighted by molar-refractivity contribution is 9.10. The number of halogens is 2. The van der Waals surface area contributed by atoms with Gasteiger partial charge in [0.1, 0.15) is 0 Å². The predicted octanol–water partition coefficient (Wildman–Crippen LogP) is 3.00. The summed E-state index contributed by atoms with van der Waals surface area (Å²) < 4.78 is 0.891. The molecule has 0 spiro atoms. The Hall–Kier alpha value is -0.580. The van der Waals surface area contributed by atoms with Gasteiger partial charge in [-0.3, -0.25) is 4.79 Å². The van der Waals surface area contributed by atoms with Crippen LogP contribution in [0.15, 0.2) is 22.7 Å². The van der Waals surface area contributed by atoms with E-state index in [0.717, 1.165) is 41.5 Å². The van der Waals surface area contributed by atoms with Crippen molar-refractivity contribution >= 4 is 34.2 Å². The van der Waals surface area contributed by atoms with Gasteiger partial charge in [-0.25, -0.2) is 0 Å². The van der Waals surface area contributed by atoms with Crippen LogP contribution in [0, 0.1) is 6.92 Å². The minimum Gasteiger partial charge on any atom is -0.334 e. The fraction of sp³-hybridized carbons (Fsp3) is 0.500. The first-order valence-electron chi connectivity index (χ1n) is 6.35. The minimum atomic E-state index is 0. The Bertz CT molecular complexity index is 453. The average molecular weight is 348 g/mol. The molecule has 1 unspecified atom stereocenters. The van der Waals surface area contributed by atoms with Crippen molar-refractivity contribution in [3.8, 4) is 0 Å². The van der Waals surface area contributed by atoms with Gasteiger partial charge in [0.15, 0.2) is 0 Å². The molecular weight excluding hydrogens is 328 g/mol. The normalized spacial score (nSPS) is 18.3. The number of nitrogens with zero attached hydrogens (tertiary/aromatic N) is 1. The van der Waals surface area contributed by atoms with Crippen LogP contribution >= 0.6 is 28.3 Å². The van der Waals surface area contributed by atoms with Gasteiger partial charge in [0.05, 0.1) is 5.56 Å². The first kappa shape index (κ1) is 16.5. The van der Waals surface area contributed by atoms with Crippen LogP contribution in [-0.2, 0) is 0 Å². The summed E-state index contributed by atoms with van der Waals surface area (Å²) in [4.78, 5) is 14.5. The SMILES string of the molecule is CNCC1CCCN1C(=O)c1ccc(C)cc1Br.Cl. The van der Waals surface area contributed by atoms with Gasteiger partial charge < -0.3 is 10.2 Å². The molecule has 1 N–H and O–H groups in total. The standard InChI is InChI=1S/C14H19BrN2O.ClH/c1-10-5-6-12(13(15)8-10)14(18)17-7-3-4-11(17)9-16-2;/h5-6,8,11,16H,3-4,7,9H2,1-2H3;1H. The molecule has 1 fully saturated rings. The summed E-state index contributed by atoms with van der Waals surface area (Å²) in [6, 6.07) is 6.23. The quantitative estimate of drug-likeness (QED) is 0.911. The van der Waals surface area contributed by atoms with Gasteiger partial charge in [0.25, 0.3) is 5.91 Å². The summed E-state index contributed by atoms with van der Waals surface area (Å²) in [5.41, 5.74) is 1.93. The summed E-state index contributed by atoms with van der Waals surface area (Å²) in [6.45, 7) is 3.76. The molecule has 0 bridgehead atoms. The van der Waals surface area contributed by atoms with Crippen molar-refractivity contribution in [2.75, 3.05) is 20.1 Å². The summed E-state index contributed by atoms with van der Waals surface area (Å²) in [5.74, 6) is 0.139. The van der Waals surface area contributed by atoms with E-state index in [9.17, 15) is 4.79 Å². The predicted molar refractivity (Wildman–Crippen MR) is 84.1 cm³/mol. The maximum Gasteiger partial charge on any atom is 0.255 e. The van der Waals surface area contributed by atoms with Crippen LogP contribution in [0.4, 0.5) is 0 Å². The third-order valence-electron chi connectivity index (χ3n) is 3.43. The Morgan fingerprint density at radius 1 is 1.53 bits per heavy atom. The number of benzene rings is 1. The van der Waals surface area contributed by atoms with Crippen molar-refractivity contribution < 1.29 is 4.79 Å². The highest BCUT2D eigenvalue weighted by Crippen LogP contribution is 2.24. The Labute approximate surface area is 129 Å². The summed E-state index contributed by atoms with van der Waals surface area (Å²) in [7, 11) is 1.93. The zero-order valence-corrected chi connectivity index (χ0v) is 13.7. The van der Waals surface area contributed by atoms with Crippen LogP contribution in [0.2, 0.25) is 0 Å². The number of aryl methyl sites for hydroxylation is 1. The number of likely N-dealkylation sites (N-methyl/N-ethyl adjacent to an activating group) is 1. The number of carbonyl (C=O) groups is 1. The van der Waals surface area contributed by atoms with Crippen LogP contribution in [0.3, 0.4) is 0 Å². The van der Waals surface area contributed by atoms with Crippen molar-refractivity contribution in [1.29, 1.82) is 0 Å². The van der Waals surface area contributed by atoms with Crippen LogP contribution in [0.5, 0.6) is 0 Å². The van der Waals surface area contributed by atoms with Gasteiger partial charge in [-0.15, -0.1) is 12.4 Å². The number of hydrogen-bond acceptors (Lipinski definition) is 2. The summed E-state index contributed by atoms with van der Waals surface area (Å²) in [5, 5.41) is 3.16. The van der Waals surface area contributed by atoms with E-state index in [4.69, 9.17) is 0 Å². The molecule has 1 amide bonds. The van der Waals surface area contributed by atoms with E-state index in [0.29, 0.717) is 6.04 Å². The van der Waals surface area contributed by atoms with Gasteiger partial charge in [0.2, 0.25) is 0 Å². The molecule has 1 aromatic carbocycles. The molecule has 0 saturated carbocycles. The number of nitrogens with one attached hydrogen (secondary N) is 1. The molecule has 1 aliphatic heterocycles. The maximum atomic E-state index is 12.5. The van der Waals surface area contributed by atoms with E-state index in [1.165, 1.54) is 0 Å². The molecule has 0 aliphatic carbocycles. The molecule has 1 saturated heterocycles. The second kappa shape index (κ2) is 7.27. The lowest BCUT2D eigenvalue weighted by atomic mass is 10.1. The molecule has 5 heteroatoms. The third kappa shape index (κ3) is 3.71. The number of rotatable bonds is 3. The van der Waals surface area contributed by atoms with Crippen molar-refractivity contribution in [1.82, 2.24) is 10.2 Å². The average Bonchev–Trinajstić information content (AvgIpc) is 2.77. The lowest BCUT2D eigenvalue weighted by Crippen LogP contribution is -2.40. The van der Waals surface area contributed by atoms with E-state index >= 15 is 0 Å². The van der Waals surface area contributed by atoms with Gasteiger partial charge in [-0.05, 0) is 60.4 Å². The fourth-order valence-corrected chi connectivity index (χ4v) is 3.16. The third-order valence-corrected chi connectivity index (χ3v) is 4.09. The lowest BCUT2D eigenvalue weighted by molar-refractivity contribution is 0.0736. The molecule has 106 valence electrons. The smallest absolute Gasteiger partial charge is 0.255 e. The Balaban J connectivity index is 0.00000180. The van der Waals surface area contributed by atoms with E-state index < -0.39 is 0 Å². The molecule has 3 nitrogen and oxygen atoms in total. The van der Waals surface area contributed by atoms with Gasteiger partial charge in [-0.1, -0.05) is 6.07 Å². The zero-order valence-electron chi connectivity index (χ0n) is 11.3. The maximum absolute atomic E-state index is 12.5. The van der Waals surface area contributed by atoms with Crippen LogP contribution < -0.4 is 5.32 Å². The molecule has 1 atom stereocenters. The molecule has 19 heavy (non-hydrogen) atoms. The lowest BCUT2D eigenvalue weighted by Gasteiger charge is -2.25. The van der Waals surface area contributed by atoms with Crippen molar-refractivity contribution in [2.24, 2.45) is 0 Å².